The Morgan fingerprint density at radius 3 is 2.62 bits per heavy atom. The van der Waals surface area contributed by atoms with Gasteiger partial charge in [-0.05, 0) is 40.0 Å². The highest BCUT2D eigenvalue weighted by molar-refractivity contribution is 5.68. The second-order valence-corrected chi connectivity index (χ2v) is 5.24. The van der Waals surface area contributed by atoms with Crippen LogP contribution in [0.25, 0.3) is 0 Å². The lowest BCUT2D eigenvalue weighted by Gasteiger charge is -2.30. The van der Waals surface area contributed by atoms with Crippen LogP contribution in [0.3, 0.4) is 0 Å². The first-order valence-electron chi connectivity index (χ1n) is 5.59. The third-order valence-electron chi connectivity index (χ3n) is 2.44. The summed E-state index contributed by atoms with van der Waals surface area (Å²) in [6.07, 6.45) is -1.28. The SMILES string of the molecule is CC(C)(C)OC(=O)N[C@H]1C[C@H](O)CC[C@@H]1F. The number of nitrogens with one attached hydrogen (secondary N) is 1. The quantitative estimate of drug-likeness (QED) is 0.725. The number of aliphatic hydroxyl groups is 1. The molecule has 1 saturated carbocycles. The zero-order valence-corrected chi connectivity index (χ0v) is 10.00. The van der Waals surface area contributed by atoms with Crippen LogP contribution < -0.4 is 5.32 Å². The molecule has 0 aromatic carbocycles. The molecule has 0 bridgehead atoms. The molecular weight excluding hydrogens is 213 g/mol. The summed E-state index contributed by atoms with van der Waals surface area (Å²) in [7, 11) is 0. The van der Waals surface area contributed by atoms with Crippen molar-refractivity contribution in [1.29, 1.82) is 0 Å². The molecule has 0 aromatic rings. The number of amides is 1. The molecule has 4 nitrogen and oxygen atoms in total. The molecule has 0 heterocycles. The second kappa shape index (κ2) is 4.99. The number of alkyl carbamates (subject to hydrolysis) is 1. The Kier molecular flexibility index (Phi) is 4.13. The first-order valence-corrected chi connectivity index (χ1v) is 5.59. The van der Waals surface area contributed by atoms with Crippen molar-refractivity contribution in [2.24, 2.45) is 0 Å². The molecule has 0 aliphatic heterocycles. The van der Waals surface area contributed by atoms with Crippen molar-refractivity contribution in [3.05, 3.63) is 0 Å². The normalized spacial score (nSPS) is 30.9. The zero-order valence-electron chi connectivity index (χ0n) is 10.00. The summed E-state index contributed by atoms with van der Waals surface area (Å²) in [5.41, 5.74) is -0.594. The van der Waals surface area contributed by atoms with Crippen LogP contribution in [-0.4, -0.2) is 35.1 Å². The van der Waals surface area contributed by atoms with Gasteiger partial charge in [-0.1, -0.05) is 0 Å². The van der Waals surface area contributed by atoms with Crippen LogP contribution in [-0.2, 0) is 4.74 Å². The van der Waals surface area contributed by atoms with E-state index in [2.05, 4.69) is 5.32 Å². The maximum Gasteiger partial charge on any atom is 0.407 e. The molecule has 1 amide bonds. The topological polar surface area (TPSA) is 58.6 Å². The van der Waals surface area contributed by atoms with Crippen molar-refractivity contribution in [1.82, 2.24) is 5.32 Å². The number of rotatable bonds is 1. The number of carbonyl (C=O) groups is 1. The van der Waals surface area contributed by atoms with E-state index >= 15 is 0 Å². The molecule has 16 heavy (non-hydrogen) atoms. The van der Waals surface area contributed by atoms with E-state index in [0.29, 0.717) is 6.42 Å². The Labute approximate surface area is 95.2 Å². The summed E-state index contributed by atoms with van der Waals surface area (Å²) in [4.78, 5) is 11.4. The average molecular weight is 233 g/mol. The average Bonchev–Trinajstić information content (AvgIpc) is 2.08. The molecule has 3 atom stereocenters. The molecule has 0 aromatic heterocycles. The number of halogens is 1. The maximum absolute atomic E-state index is 13.4. The van der Waals surface area contributed by atoms with Gasteiger partial charge in [-0.2, -0.15) is 0 Å². The van der Waals surface area contributed by atoms with Gasteiger partial charge in [0.05, 0.1) is 12.1 Å². The van der Waals surface area contributed by atoms with Gasteiger partial charge in [0.15, 0.2) is 0 Å². The fourth-order valence-corrected chi connectivity index (χ4v) is 1.72. The second-order valence-electron chi connectivity index (χ2n) is 5.24. The molecule has 5 heteroatoms. The van der Waals surface area contributed by atoms with E-state index in [9.17, 15) is 14.3 Å². The van der Waals surface area contributed by atoms with Crippen molar-refractivity contribution in [2.45, 2.75) is 64.0 Å². The van der Waals surface area contributed by atoms with Gasteiger partial charge in [-0.25, -0.2) is 9.18 Å². The molecule has 0 radical (unpaired) electrons. The summed E-state index contributed by atoms with van der Waals surface area (Å²) in [6.45, 7) is 5.24. The van der Waals surface area contributed by atoms with Crippen molar-refractivity contribution in [2.75, 3.05) is 0 Å². The van der Waals surface area contributed by atoms with Gasteiger partial charge >= 0.3 is 6.09 Å². The minimum Gasteiger partial charge on any atom is -0.444 e. The van der Waals surface area contributed by atoms with E-state index in [0.717, 1.165) is 0 Å². The highest BCUT2D eigenvalue weighted by Crippen LogP contribution is 2.22. The zero-order chi connectivity index (χ0) is 12.3. The fourth-order valence-electron chi connectivity index (χ4n) is 1.72. The van der Waals surface area contributed by atoms with Gasteiger partial charge in [0.25, 0.3) is 0 Å². The number of carbonyl (C=O) groups excluding carboxylic acids is 1. The van der Waals surface area contributed by atoms with E-state index in [-0.39, 0.29) is 12.8 Å². The highest BCUT2D eigenvalue weighted by atomic mass is 19.1. The molecule has 0 saturated heterocycles. The van der Waals surface area contributed by atoms with Gasteiger partial charge < -0.3 is 15.2 Å². The maximum atomic E-state index is 13.4. The van der Waals surface area contributed by atoms with Crippen LogP contribution in [0.1, 0.15) is 40.0 Å². The Bertz CT molecular complexity index is 252. The van der Waals surface area contributed by atoms with E-state index in [1.54, 1.807) is 20.8 Å². The minimum absolute atomic E-state index is 0.250. The number of aliphatic hydroxyl groups excluding tert-OH is 1. The summed E-state index contributed by atoms with van der Waals surface area (Å²) in [5, 5.41) is 11.8. The van der Waals surface area contributed by atoms with Gasteiger partial charge in [0, 0.05) is 0 Å². The van der Waals surface area contributed by atoms with Gasteiger partial charge in [-0.3, -0.25) is 0 Å². The highest BCUT2D eigenvalue weighted by Gasteiger charge is 2.31. The lowest BCUT2D eigenvalue weighted by atomic mass is 9.91. The Morgan fingerprint density at radius 2 is 2.06 bits per heavy atom. The molecule has 0 unspecified atom stereocenters. The molecule has 1 rings (SSSR count). The van der Waals surface area contributed by atoms with Gasteiger partial charge in [0.1, 0.15) is 11.8 Å². The Balaban J connectivity index is 2.43. The van der Waals surface area contributed by atoms with E-state index in [4.69, 9.17) is 4.74 Å². The van der Waals surface area contributed by atoms with Crippen LogP contribution in [0.4, 0.5) is 9.18 Å². The predicted octanol–water partition coefficient (Wildman–Crippen LogP) is 1.76. The largest absolute Gasteiger partial charge is 0.444 e. The fraction of sp³-hybridized carbons (Fsp3) is 0.909. The molecule has 1 fully saturated rings. The number of alkyl halides is 1. The van der Waals surface area contributed by atoms with Crippen molar-refractivity contribution < 1.29 is 19.0 Å². The van der Waals surface area contributed by atoms with Gasteiger partial charge in [0.2, 0.25) is 0 Å². The van der Waals surface area contributed by atoms with Crippen molar-refractivity contribution in [3.8, 4) is 0 Å². The van der Waals surface area contributed by atoms with Crippen LogP contribution in [0, 0.1) is 0 Å². The van der Waals surface area contributed by atoms with E-state index in [1.165, 1.54) is 0 Å². The third kappa shape index (κ3) is 4.35. The van der Waals surface area contributed by atoms with Gasteiger partial charge in [-0.15, -0.1) is 0 Å². The van der Waals surface area contributed by atoms with Crippen molar-refractivity contribution >= 4 is 6.09 Å². The molecular formula is C11H20FNO3. The van der Waals surface area contributed by atoms with Crippen LogP contribution in [0.2, 0.25) is 0 Å². The summed E-state index contributed by atoms with van der Waals surface area (Å²) in [6, 6.07) is -0.640. The molecule has 2 N–H and O–H groups in total. The van der Waals surface area contributed by atoms with Crippen LogP contribution in [0.5, 0.6) is 0 Å². The summed E-state index contributed by atoms with van der Waals surface area (Å²) in [5.74, 6) is 0. The standard InChI is InChI=1S/C11H20FNO3/c1-11(2,3)16-10(15)13-9-6-7(14)4-5-8(9)12/h7-9,14H,4-6H2,1-3H3,(H,13,15)/t7-,8+,9+/m1/s1. The summed E-state index contributed by atoms with van der Waals surface area (Å²) < 4.78 is 18.5. The lowest BCUT2D eigenvalue weighted by Crippen LogP contribution is -2.48. The molecule has 1 aliphatic carbocycles. The monoisotopic (exact) mass is 233 g/mol. The molecule has 0 spiro atoms. The molecule has 1 aliphatic rings. The minimum atomic E-state index is -1.10. The van der Waals surface area contributed by atoms with Crippen LogP contribution in [0.15, 0.2) is 0 Å². The number of hydrogen-bond donors (Lipinski definition) is 2. The van der Waals surface area contributed by atoms with E-state index in [1.807, 2.05) is 0 Å². The lowest BCUT2D eigenvalue weighted by molar-refractivity contribution is 0.0333. The third-order valence-corrected chi connectivity index (χ3v) is 2.44. The van der Waals surface area contributed by atoms with Crippen molar-refractivity contribution in [3.63, 3.8) is 0 Å². The smallest absolute Gasteiger partial charge is 0.407 e. The Hall–Kier alpha value is -0.840. The van der Waals surface area contributed by atoms with E-state index < -0.39 is 30.0 Å². The number of ether oxygens (including phenoxy) is 1. The first-order chi connectivity index (χ1) is 7.28. The van der Waals surface area contributed by atoms with Crippen LogP contribution >= 0.6 is 0 Å². The predicted molar refractivity (Wildman–Crippen MR) is 57.9 cm³/mol. The first kappa shape index (κ1) is 13.2. The molecule has 94 valence electrons. The number of hydrogen-bond acceptors (Lipinski definition) is 3. The Morgan fingerprint density at radius 1 is 1.44 bits per heavy atom. The summed E-state index contributed by atoms with van der Waals surface area (Å²) >= 11 is 0.